The predicted molar refractivity (Wildman–Crippen MR) is 98.4 cm³/mol. The van der Waals surface area contributed by atoms with Crippen molar-refractivity contribution >= 4 is 23.5 Å². The van der Waals surface area contributed by atoms with E-state index >= 15 is 0 Å². The van der Waals surface area contributed by atoms with Crippen LogP contribution in [0.4, 0.5) is 0 Å². The number of aliphatic hydroxyl groups is 1. The zero-order valence-corrected chi connectivity index (χ0v) is 14.9. The van der Waals surface area contributed by atoms with Crippen molar-refractivity contribution in [2.24, 2.45) is 0 Å². The van der Waals surface area contributed by atoms with Crippen molar-refractivity contribution in [3.63, 3.8) is 0 Å². The fourth-order valence-electron chi connectivity index (χ4n) is 2.42. The first-order valence-electron chi connectivity index (χ1n) is 8.02. The Labute approximate surface area is 146 Å². The summed E-state index contributed by atoms with van der Waals surface area (Å²) in [6, 6.07) is 12.2. The molecule has 2 heterocycles. The van der Waals surface area contributed by atoms with Gasteiger partial charge in [-0.05, 0) is 30.7 Å². The number of fused-ring (bicyclic) bond motifs is 1. The average molecular weight is 339 g/mol. The Balaban J connectivity index is 1.94. The number of aliphatic hydroxyl groups excluding tert-OH is 1. The first-order valence-corrected chi connectivity index (χ1v) is 8.84. The molecule has 0 fully saturated rings. The molecule has 0 aliphatic heterocycles. The molecule has 1 unspecified atom stereocenters. The molecule has 2 aromatic heterocycles. The topological polar surface area (TPSA) is 50.4 Å². The van der Waals surface area contributed by atoms with Crippen molar-refractivity contribution < 1.29 is 5.11 Å². The molecule has 0 spiro atoms. The Morgan fingerprint density at radius 2 is 1.88 bits per heavy atom. The first-order chi connectivity index (χ1) is 11.5. The molecular formula is C19H21N3OS. The molecule has 1 atom stereocenters. The molecule has 0 saturated heterocycles. The van der Waals surface area contributed by atoms with Crippen molar-refractivity contribution in [2.45, 2.75) is 42.6 Å². The zero-order valence-electron chi connectivity index (χ0n) is 14.0. The third-order valence-electron chi connectivity index (χ3n) is 3.62. The highest BCUT2D eigenvalue weighted by Gasteiger charge is 2.10. The summed E-state index contributed by atoms with van der Waals surface area (Å²) in [5.41, 5.74) is 1.96. The fourth-order valence-corrected chi connectivity index (χ4v) is 3.37. The van der Waals surface area contributed by atoms with Gasteiger partial charge in [0.2, 0.25) is 0 Å². The molecule has 124 valence electrons. The van der Waals surface area contributed by atoms with E-state index in [4.69, 9.17) is 0 Å². The molecule has 0 radical (unpaired) electrons. The van der Waals surface area contributed by atoms with Crippen LogP contribution in [0.2, 0.25) is 0 Å². The van der Waals surface area contributed by atoms with Gasteiger partial charge in [0.15, 0.2) is 5.65 Å². The van der Waals surface area contributed by atoms with Gasteiger partial charge in [-0.1, -0.05) is 56.0 Å². The smallest absolute Gasteiger partial charge is 0.160 e. The van der Waals surface area contributed by atoms with Gasteiger partial charge < -0.3 is 5.11 Å². The van der Waals surface area contributed by atoms with Crippen LogP contribution in [0.15, 0.2) is 58.5 Å². The van der Waals surface area contributed by atoms with Crippen LogP contribution in [0.5, 0.6) is 0 Å². The molecule has 1 N–H and O–H groups in total. The minimum Gasteiger partial charge on any atom is -0.389 e. The van der Waals surface area contributed by atoms with E-state index in [1.165, 1.54) is 0 Å². The molecule has 4 nitrogen and oxygen atoms in total. The van der Waals surface area contributed by atoms with Crippen LogP contribution in [-0.4, -0.2) is 25.8 Å². The second kappa shape index (κ2) is 7.20. The molecule has 0 aliphatic rings. The fraction of sp³-hybridized carbons (Fsp3) is 0.263. The van der Waals surface area contributed by atoms with Gasteiger partial charge in [-0.3, -0.25) is 4.40 Å². The van der Waals surface area contributed by atoms with Crippen LogP contribution in [0.1, 0.15) is 38.1 Å². The minimum absolute atomic E-state index is 0.321. The number of aromatic nitrogens is 3. The molecule has 3 aromatic rings. The molecule has 3 rings (SSSR count). The molecule has 24 heavy (non-hydrogen) atoms. The maximum atomic E-state index is 9.46. The largest absolute Gasteiger partial charge is 0.389 e. The van der Waals surface area contributed by atoms with Gasteiger partial charge in [0.25, 0.3) is 0 Å². The average Bonchev–Trinajstić information content (AvgIpc) is 2.97. The van der Waals surface area contributed by atoms with Crippen LogP contribution in [0.25, 0.3) is 11.7 Å². The van der Waals surface area contributed by atoms with E-state index in [9.17, 15) is 5.11 Å². The van der Waals surface area contributed by atoms with Crippen molar-refractivity contribution in [1.29, 1.82) is 0 Å². The number of pyridine rings is 1. The zero-order chi connectivity index (χ0) is 17.1. The summed E-state index contributed by atoms with van der Waals surface area (Å²) in [4.78, 5) is 2.27. The maximum Gasteiger partial charge on any atom is 0.160 e. The summed E-state index contributed by atoms with van der Waals surface area (Å²) < 4.78 is 2.06. The first kappa shape index (κ1) is 16.7. The molecular weight excluding hydrogens is 318 g/mol. The molecule has 1 aromatic carbocycles. The molecule has 5 heteroatoms. The number of benzene rings is 1. The second-order valence-electron chi connectivity index (χ2n) is 6.05. The third kappa shape index (κ3) is 3.68. The number of hydrogen-bond acceptors (Lipinski definition) is 4. The van der Waals surface area contributed by atoms with Crippen molar-refractivity contribution in [2.75, 3.05) is 0 Å². The number of hydrogen-bond donors (Lipinski definition) is 1. The van der Waals surface area contributed by atoms with Gasteiger partial charge in [-0.2, -0.15) is 0 Å². The van der Waals surface area contributed by atoms with Crippen LogP contribution in [0, 0.1) is 0 Å². The van der Waals surface area contributed by atoms with E-state index in [-0.39, 0.29) is 0 Å². The van der Waals surface area contributed by atoms with Crippen LogP contribution in [0.3, 0.4) is 0 Å². The second-order valence-corrected chi connectivity index (χ2v) is 7.16. The highest BCUT2D eigenvalue weighted by Crippen LogP contribution is 2.31. The van der Waals surface area contributed by atoms with E-state index in [2.05, 4.69) is 52.8 Å². The van der Waals surface area contributed by atoms with E-state index in [0.717, 1.165) is 26.8 Å². The summed E-state index contributed by atoms with van der Waals surface area (Å²) in [5.74, 6) is 1.29. The number of rotatable bonds is 5. The lowest BCUT2D eigenvalue weighted by Gasteiger charge is -2.08. The molecule has 0 saturated carbocycles. The lowest BCUT2D eigenvalue weighted by molar-refractivity contribution is 0.245. The summed E-state index contributed by atoms with van der Waals surface area (Å²) in [5, 5.41) is 18.0. The van der Waals surface area contributed by atoms with Gasteiger partial charge >= 0.3 is 0 Å². The lowest BCUT2D eigenvalue weighted by atomic mass is 10.2. The highest BCUT2D eigenvalue weighted by atomic mass is 32.2. The SMILES string of the molecule is CC(O)/C=C/c1ccccc1Sc1ccc2nnc(C(C)C)n2c1. The maximum absolute atomic E-state index is 9.46. The summed E-state index contributed by atoms with van der Waals surface area (Å²) in [7, 11) is 0. The highest BCUT2D eigenvalue weighted by molar-refractivity contribution is 7.99. The van der Waals surface area contributed by atoms with E-state index < -0.39 is 6.10 Å². The normalized spacial score (nSPS) is 13.2. The van der Waals surface area contributed by atoms with Gasteiger partial charge in [0, 0.05) is 21.9 Å². The quantitative estimate of drug-likeness (QED) is 0.748. The minimum atomic E-state index is -0.454. The van der Waals surface area contributed by atoms with Crippen LogP contribution < -0.4 is 0 Å². The Morgan fingerprint density at radius 1 is 1.08 bits per heavy atom. The Bertz CT molecular complexity index is 868. The molecule has 0 aliphatic carbocycles. The van der Waals surface area contributed by atoms with Gasteiger partial charge in [-0.25, -0.2) is 0 Å². The molecule has 0 amide bonds. The van der Waals surface area contributed by atoms with E-state index in [1.54, 1.807) is 24.8 Å². The van der Waals surface area contributed by atoms with Crippen molar-refractivity contribution in [1.82, 2.24) is 14.6 Å². The third-order valence-corrected chi connectivity index (χ3v) is 4.69. The Morgan fingerprint density at radius 3 is 2.62 bits per heavy atom. The van der Waals surface area contributed by atoms with Gasteiger partial charge in [0.05, 0.1) is 6.10 Å². The lowest BCUT2D eigenvalue weighted by Crippen LogP contribution is -1.97. The standard InChI is InChI=1S/C19H21N3OS/c1-13(2)19-21-20-18-11-10-16(12-22(18)19)24-17-7-5-4-6-15(17)9-8-14(3)23/h4-14,23H,1-3H3/b9-8+. The Hall–Kier alpha value is -2.11. The predicted octanol–water partition coefficient (Wildman–Crippen LogP) is 4.40. The monoisotopic (exact) mass is 339 g/mol. The summed E-state index contributed by atoms with van der Waals surface area (Å²) in [6.07, 6.45) is 5.39. The van der Waals surface area contributed by atoms with Crippen LogP contribution in [-0.2, 0) is 0 Å². The summed E-state index contributed by atoms with van der Waals surface area (Å²) >= 11 is 1.70. The Kier molecular flexibility index (Phi) is 5.02. The van der Waals surface area contributed by atoms with Gasteiger partial charge in [-0.15, -0.1) is 10.2 Å². The summed E-state index contributed by atoms with van der Waals surface area (Å²) in [6.45, 7) is 5.98. The van der Waals surface area contributed by atoms with Crippen LogP contribution >= 0.6 is 11.8 Å². The van der Waals surface area contributed by atoms with E-state index in [1.807, 2.05) is 24.3 Å². The van der Waals surface area contributed by atoms with Crippen molar-refractivity contribution in [3.05, 3.63) is 60.1 Å². The van der Waals surface area contributed by atoms with Crippen molar-refractivity contribution in [3.8, 4) is 0 Å². The van der Waals surface area contributed by atoms with Gasteiger partial charge in [0.1, 0.15) is 5.82 Å². The molecule has 0 bridgehead atoms. The van der Waals surface area contributed by atoms with E-state index in [0.29, 0.717) is 5.92 Å². The number of nitrogens with zero attached hydrogens (tertiary/aromatic N) is 3.